The number of H-pyrrole nitrogens is 1. The maximum Gasteiger partial charge on any atom is 0.263 e. The van der Waals surface area contributed by atoms with Gasteiger partial charge in [-0.05, 0) is 57.9 Å². The summed E-state index contributed by atoms with van der Waals surface area (Å²) in [6.07, 6.45) is 0. The summed E-state index contributed by atoms with van der Waals surface area (Å²) in [6, 6.07) is 7.33. The second kappa shape index (κ2) is 6.31. The van der Waals surface area contributed by atoms with Crippen molar-refractivity contribution in [3.63, 3.8) is 0 Å². The smallest absolute Gasteiger partial charge is 0.263 e. The van der Waals surface area contributed by atoms with E-state index < -0.39 is 10.0 Å². The zero-order valence-electron chi connectivity index (χ0n) is 14.9. The zero-order valence-corrected chi connectivity index (χ0v) is 16.5. The predicted octanol–water partition coefficient (Wildman–Crippen LogP) is 4.48. The molecule has 0 fully saturated rings. The van der Waals surface area contributed by atoms with Crippen LogP contribution in [0.2, 0.25) is 0 Å². The van der Waals surface area contributed by atoms with Gasteiger partial charge in [-0.1, -0.05) is 12.1 Å². The molecule has 3 aromatic rings. The van der Waals surface area contributed by atoms with Crippen LogP contribution in [0.1, 0.15) is 26.6 Å². The average molecular weight is 376 g/mol. The van der Waals surface area contributed by atoms with Crippen molar-refractivity contribution in [2.24, 2.45) is 0 Å². The summed E-state index contributed by atoms with van der Waals surface area (Å²) in [5, 5.41) is 7.29. The molecule has 0 saturated carbocycles. The standard InChI is InChI=1S/C18H21N3O2S2/c1-10-7-6-8-15(9-10)21-25(22,23)18-14(5)24-13(4)16(18)17-11(2)12(3)19-20-17/h6-9,21H,1-5H3,(H,19,20). The minimum Gasteiger partial charge on any atom is -0.282 e. The van der Waals surface area contributed by atoms with Crippen LogP contribution in [0.5, 0.6) is 0 Å². The Kier molecular flexibility index (Phi) is 4.47. The number of nitrogens with one attached hydrogen (secondary N) is 2. The molecule has 0 saturated heterocycles. The molecule has 2 heterocycles. The number of benzene rings is 1. The molecule has 25 heavy (non-hydrogen) atoms. The Morgan fingerprint density at radius 1 is 1.08 bits per heavy atom. The molecule has 0 unspecified atom stereocenters. The van der Waals surface area contributed by atoms with Crippen LogP contribution in [-0.2, 0) is 10.0 Å². The van der Waals surface area contributed by atoms with Crippen LogP contribution >= 0.6 is 11.3 Å². The van der Waals surface area contributed by atoms with Crippen LogP contribution in [0.3, 0.4) is 0 Å². The molecule has 2 N–H and O–H groups in total. The highest BCUT2D eigenvalue weighted by atomic mass is 32.2. The molecule has 0 radical (unpaired) electrons. The summed E-state index contributed by atoms with van der Waals surface area (Å²) >= 11 is 1.48. The first-order valence-corrected chi connectivity index (χ1v) is 10.2. The summed E-state index contributed by atoms with van der Waals surface area (Å²) in [7, 11) is -3.72. The van der Waals surface area contributed by atoms with Gasteiger partial charge in [0, 0.05) is 26.7 Å². The van der Waals surface area contributed by atoms with Crippen LogP contribution < -0.4 is 4.72 Å². The van der Waals surface area contributed by atoms with Gasteiger partial charge in [-0.15, -0.1) is 11.3 Å². The molecule has 2 aromatic heterocycles. The first kappa shape index (κ1) is 17.7. The topological polar surface area (TPSA) is 74.8 Å². The molecule has 0 atom stereocenters. The highest BCUT2D eigenvalue weighted by molar-refractivity contribution is 7.93. The van der Waals surface area contributed by atoms with Crippen molar-refractivity contribution in [1.29, 1.82) is 0 Å². The van der Waals surface area contributed by atoms with Gasteiger partial charge in [0.15, 0.2) is 0 Å². The Bertz CT molecular complexity index is 1050. The van der Waals surface area contributed by atoms with Crippen molar-refractivity contribution in [2.75, 3.05) is 4.72 Å². The lowest BCUT2D eigenvalue weighted by Crippen LogP contribution is -2.14. The summed E-state index contributed by atoms with van der Waals surface area (Å²) in [5.74, 6) is 0. The normalized spacial score (nSPS) is 11.7. The first-order valence-electron chi connectivity index (χ1n) is 7.92. The Hall–Kier alpha value is -2.12. The van der Waals surface area contributed by atoms with Gasteiger partial charge in [0.25, 0.3) is 10.0 Å². The molecule has 0 aliphatic heterocycles. The number of hydrogen-bond donors (Lipinski definition) is 2. The number of aromatic nitrogens is 2. The van der Waals surface area contributed by atoms with E-state index in [-0.39, 0.29) is 0 Å². The van der Waals surface area contributed by atoms with E-state index in [9.17, 15) is 8.42 Å². The van der Waals surface area contributed by atoms with E-state index in [1.54, 1.807) is 6.07 Å². The van der Waals surface area contributed by atoms with E-state index in [1.165, 1.54) is 11.3 Å². The van der Waals surface area contributed by atoms with Gasteiger partial charge in [0.2, 0.25) is 0 Å². The van der Waals surface area contributed by atoms with Crippen LogP contribution in [0.25, 0.3) is 11.3 Å². The molecule has 0 spiro atoms. The molecule has 3 rings (SSSR count). The fourth-order valence-electron chi connectivity index (χ4n) is 2.90. The van der Waals surface area contributed by atoms with Crippen molar-refractivity contribution in [3.8, 4) is 11.3 Å². The summed E-state index contributed by atoms with van der Waals surface area (Å²) in [4.78, 5) is 2.01. The van der Waals surface area contributed by atoms with Gasteiger partial charge in [0.1, 0.15) is 4.90 Å². The maximum atomic E-state index is 13.1. The number of sulfonamides is 1. The first-order chi connectivity index (χ1) is 11.7. The average Bonchev–Trinajstić information content (AvgIpc) is 2.98. The third-order valence-electron chi connectivity index (χ3n) is 4.23. The quantitative estimate of drug-likeness (QED) is 0.706. The van der Waals surface area contributed by atoms with Gasteiger partial charge in [0.05, 0.1) is 5.69 Å². The minimum absolute atomic E-state index is 0.311. The van der Waals surface area contributed by atoms with E-state index in [2.05, 4.69) is 14.9 Å². The summed E-state index contributed by atoms with van der Waals surface area (Å²) in [5.41, 5.74) is 4.84. The SMILES string of the molecule is Cc1cccc(NS(=O)(=O)c2c(C)sc(C)c2-c2n[nH]c(C)c2C)c1. The Labute approximate surface area is 152 Å². The van der Waals surface area contributed by atoms with Crippen molar-refractivity contribution in [1.82, 2.24) is 10.2 Å². The molecule has 1 aromatic carbocycles. The second-order valence-corrected chi connectivity index (χ2v) is 9.26. The fraction of sp³-hybridized carbons (Fsp3) is 0.278. The molecule has 132 valence electrons. The molecule has 5 nitrogen and oxygen atoms in total. The molecule has 0 aliphatic carbocycles. The molecule has 0 bridgehead atoms. The molecule has 7 heteroatoms. The lowest BCUT2D eigenvalue weighted by Gasteiger charge is -2.11. The van der Waals surface area contributed by atoms with E-state index in [4.69, 9.17) is 0 Å². The lowest BCUT2D eigenvalue weighted by atomic mass is 10.1. The zero-order chi connectivity index (χ0) is 18.4. The van der Waals surface area contributed by atoms with Gasteiger partial charge < -0.3 is 0 Å². The van der Waals surface area contributed by atoms with E-state index >= 15 is 0 Å². The number of anilines is 1. The Morgan fingerprint density at radius 2 is 1.80 bits per heavy atom. The van der Waals surface area contributed by atoms with Gasteiger partial charge in [-0.3, -0.25) is 9.82 Å². The second-order valence-electron chi connectivity index (χ2n) is 6.22. The molecule has 0 amide bonds. The number of aryl methyl sites for hydroxylation is 4. The third-order valence-corrected chi connectivity index (χ3v) is 6.94. The minimum atomic E-state index is -3.72. The monoisotopic (exact) mass is 375 g/mol. The largest absolute Gasteiger partial charge is 0.282 e. The van der Waals surface area contributed by atoms with E-state index in [1.807, 2.05) is 52.8 Å². The number of hydrogen-bond acceptors (Lipinski definition) is 4. The summed E-state index contributed by atoms with van der Waals surface area (Å²) in [6.45, 7) is 9.58. The molecular formula is C18H21N3O2S2. The summed E-state index contributed by atoms with van der Waals surface area (Å²) < 4.78 is 28.9. The number of thiophene rings is 1. The lowest BCUT2D eigenvalue weighted by molar-refractivity contribution is 0.601. The van der Waals surface area contributed by atoms with Gasteiger partial charge >= 0.3 is 0 Å². The van der Waals surface area contributed by atoms with Crippen LogP contribution in [0.4, 0.5) is 5.69 Å². The van der Waals surface area contributed by atoms with E-state index in [0.29, 0.717) is 21.8 Å². The highest BCUT2D eigenvalue weighted by Gasteiger charge is 2.28. The Morgan fingerprint density at radius 3 is 2.40 bits per heavy atom. The third kappa shape index (κ3) is 3.21. The molecule has 0 aliphatic rings. The van der Waals surface area contributed by atoms with Gasteiger partial charge in [-0.25, -0.2) is 8.42 Å². The number of nitrogens with zero attached hydrogens (tertiary/aromatic N) is 1. The van der Waals surface area contributed by atoms with Crippen LogP contribution in [-0.4, -0.2) is 18.6 Å². The van der Waals surface area contributed by atoms with Crippen molar-refractivity contribution >= 4 is 27.0 Å². The van der Waals surface area contributed by atoms with Crippen LogP contribution in [0.15, 0.2) is 29.2 Å². The number of aromatic amines is 1. The van der Waals surface area contributed by atoms with E-state index in [0.717, 1.165) is 26.6 Å². The Balaban J connectivity index is 2.15. The van der Waals surface area contributed by atoms with Gasteiger partial charge in [-0.2, -0.15) is 5.10 Å². The van der Waals surface area contributed by atoms with Crippen molar-refractivity contribution < 1.29 is 8.42 Å². The number of rotatable bonds is 4. The van der Waals surface area contributed by atoms with Crippen molar-refractivity contribution in [3.05, 3.63) is 50.8 Å². The van der Waals surface area contributed by atoms with Crippen LogP contribution in [0, 0.1) is 34.6 Å². The fourth-order valence-corrected chi connectivity index (χ4v) is 5.81. The maximum absolute atomic E-state index is 13.1. The molecular weight excluding hydrogens is 354 g/mol. The predicted molar refractivity (Wildman–Crippen MR) is 103 cm³/mol. The van der Waals surface area contributed by atoms with Crippen molar-refractivity contribution in [2.45, 2.75) is 39.5 Å². The highest BCUT2D eigenvalue weighted by Crippen LogP contribution is 2.40.